The normalized spacial score (nSPS) is 10.7. The largest absolute Gasteiger partial charge is 0.323 e. The van der Waals surface area contributed by atoms with E-state index in [9.17, 15) is 10.1 Å². The van der Waals surface area contributed by atoms with Gasteiger partial charge in [-0.1, -0.05) is 30.3 Å². The van der Waals surface area contributed by atoms with Gasteiger partial charge in [-0.25, -0.2) is 0 Å². The van der Waals surface area contributed by atoms with E-state index in [1.54, 1.807) is 6.07 Å². The number of hydrogen-bond donors (Lipinski definition) is 1. The van der Waals surface area contributed by atoms with Crippen molar-refractivity contribution in [2.45, 2.75) is 0 Å². The summed E-state index contributed by atoms with van der Waals surface area (Å²) in [6, 6.07) is 14.0. The molecule has 0 radical (unpaired) electrons. The van der Waals surface area contributed by atoms with Gasteiger partial charge in [-0.15, -0.1) is 0 Å². The molecule has 0 aliphatic heterocycles. The molecule has 0 saturated heterocycles. The van der Waals surface area contributed by atoms with Gasteiger partial charge in [0.1, 0.15) is 0 Å². The van der Waals surface area contributed by atoms with Gasteiger partial charge in [-0.05, 0) is 17.2 Å². The molecule has 0 aliphatic carbocycles. The second kappa shape index (κ2) is 5.09. The van der Waals surface area contributed by atoms with E-state index >= 15 is 0 Å². The maximum absolute atomic E-state index is 10.8. The van der Waals surface area contributed by atoms with E-state index in [0.29, 0.717) is 0 Å². The van der Waals surface area contributed by atoms with Crippen molar-refractivity contribution in [1.29, 1.82) is 0 Å². The van der Waals surface area contributed by atoms with Crippen LogP contribution in [0.4, 0.5) is 5.69 Å². The first-order valence-electron chi connectivity index (χ1n) is 5.29. The molecule has 5 nitrogen and oxygen atoms in total. The number of hydrazone groups is 1. The van der Waals surface area contributed by atoms with Gasteiger partial charge >= 0.3 is 0 Å². The zero-order valence-corrected chi connectivity index (χ0v) is 9.48. The summed E-state index contributed by atoms with van der Waals surface area (Å²) in [6.07, 6.45) is 1.48. The molecule has 5 heteroatoms. The topological polar surface area (TPSA) is 81.5 Å². The Hall–Kier alpha value is -2.69. The number of nitrogens with two attached hydrogens (primary N) is 1. The second-order valence-electron chi connectivity index (χ2n) is 3.67. The lowest BCUT2D eigenvalue weighted by Crippen LogP contribution is -1.94. The van der Waals surface area contributed by atoms with Gasteiger partial charge in [0.05, 0.1) is 11.1 Å². The number of rotatable bonds is 3. The lowest BCUT2D eigenvalue weighted by molar-refractivity contribution is -0.384. The van der Waals surface area contributed by atoms with Crippen molar-refractivity contribution in [2.75, 3.05) is 0 Å². The van der Waals surface area contributed by atoms with E-state index in [1.165, 1.54) is 18.3 Å². The molecule has 18 heavy (non-hydrogen) atoms. The first-order chi connectivity index (χ1) is 8.72. The number of nitro groups is 1. The fourth-order valence-electron chi connectivity index (χ4n) is 1.72. The molecule has 0 unspecified atom stereocenters. The Morgan fingerprint density at radius 3 is 2.50 bits per heavy atom. The number of benzene rings is 2. The van der Waals surface area contributed by atoms with Crippen molar-refractivity contribution in [3.63, 3.8) is 0 Å². The molecule has 2 aromatic rings. The predicted molar refractivity (Wildman–Crippen MR) is 70.3 cm³/mol. The zero-order chi connectivity index (χ0) is 13.0. The molecule has 2 aromatic carbocycles. The van der Waals surface area contributed by atoms with Gasteiger partial charge < -0.3 is 5.84 Å². The first kappa shape index (κ1) is 11.8. The number of nitrogens with zero attached hydrogens (tertiary/aromatic N) is 2. The third-order valence-electron chi connectivity index (χ3n) is 2.55. The number of non-ortho nitro benzene ring substituents is 1. The molecular formula is C13H11N3O2. The van der Waals surface area contributed by atoms with Crippen molar-refractivity contribution in [3.8, 4) is 11.1 Å². The Morgan fingerprint density at radius 2 is 1.89 bits per heavy atom. The molecule has 0 spiro atoms. The Balaban J connectivity index is 2.61. The highest BCUT2D eigenvalue weighted by molar-refractivity contribution is 5.91. The lowest BCUT2D eigenvalue weighted by atomic mass is 9.99. The van der Waals surface area contributed by atoms with E-state index in [-0.39, 0.29) is 5.69 Å². The minimum atomic E-state index is -0.421. The van der Waals surface area contributed by atoms with E-state index < -0.39 is 4.92 Å². The highest BCUT2D eigenvalue weighted by Gasteiger charge is 2.11. The summed E-state index contributed by atoms with van der Waals surface area (Å²) in [5.41, 5.74) is 2.41. The quantitative estimate of drug-likeness (QED) is 0.388. The third kappa shape index (κ3) is 2.35. The second-order valence-corrected chi connectivity index (χ2v) is 3.67. The van der Waals surface area contributed by atoms with Crippen LogP contribution < -0.4 is 5.84 Å². The van der Waals surface area contributed by atoms with Crippen LogP contribution in [0.2, 0.25) is 0 Å². The third-order valence-corrected chi connectivity index (χ3v) is 2.55. The zero-order valence-electron chi connectivity index (χ0n) is 9.48. The molecule has 0 atom stereocenters. The summed E-state index contributed by atoms with van der Waals surface area (Å²) in [5.74, 6) is 5.14. The highest BCUT2D eigenvalue weighted by Crippen LogP contribution is 2.26. The fourth-order valence-corrected chi connectivity index (χ4v) is 1.72. The Morgan fingerprint density at radius 1 is 1.17 bits per heavy atom. The molecular weight excluding hydrogens is 230 g/mol. The summed E-state index contributed by atoms with van der Waals surface area (Å²) in [5, 5.41) is 14.3. The Labute approximate surface area is 104 Å². The molecule has 90 valence electrons. The van der Waals surface area contributed by atoms with E-state index in [0.717, 1.165) is 16.7 Å². The Bertz CT molecular complexity index is 594. The summed E-state index contributed by atoms with van der Waals surface area (Å²) >= 11 is 0. The number of nitro benzene ring substituents is 1. The molecule has 0 fully saturated rings. The summed E-state index contributed by atoms with van der Waals surface area (Å²) in [7, 11) is 0. The summed E-state index contributed by atoms with van der Waals surface area (Å²) in [6.45, 7) is 0. The van der Waals surface area contributed by atoms with Crippen LogP contribution >= 0.6 is 0 Å². The SMILES string of the molecule is NN=Cc1ccc([N+](=O)[O-])cc1-c1ccccc1. The summed E-state index contributed by atoms with van der Waals surface area (Å²) < 4.78 is 0. The average Bonchev–Trinajstić information content (AvgIpc) is 2.40. The minimum absolute atomic E-state index is 0.0445. The van der Waals surface area contributed by atoms with Crippen molar-refractivity contribution >= 4 is 11.9 Å². The molecule has 0 aliphatic rings. The van der Waals surface area contributed by atoms with Gasteiger partial charge in [-0.2, -0.15) is 5.10 Å². The van der Waals surface area contributed by atoms with Crippen LogP contribution in [0.1, 0.15) is 5.56 Å². The highest BCUT2D eigenvalue weighted by atomic mass is 16.6. The van der Waals surface area contributed by atoms with Gasteiger partial charge in [0.25, 0.3) is 5.69 Å². The predicted octanol–water partition coefficient (Wildman–Crippen LogP) is 2.55. The maximum atomic E-state index is 10.8. The van der Waals surface area contributed by atoms with E-state index in [4.69, 9.17) is 5.84 Å². The smallest absolute Gasteiger partial charge is 0.270 e. The van der Waals surface area contributed by atoms with E-state index in [2.05, 4.69) is 5.10 Å². The molecule has 0 aromatic heterocycles. The monoisotopic (exact) mass is 241 g/mol. The molecule has 2 rings (SSSR count). The number of hydrogen-bond acceptors (Lipinski definition) is 4. The van der Waals surface area contributed by atoms with Crippen LogP contribution in [0.15, 0.2) is 53.6 Å². The van der Waals surface area contributed by atoms with Crippen molar-refractivity contribution in [3.05, 3.63) is 64.2 Å². The van der Waals surface area contributed by atoms with Crippen LogP contribution in [0.3, 0.4) is 0 Å². The standard InChI is InChI=1S/C13H11N3O2/c14-15-9-11-6-7-12(16(17)18)8-13(11)10-4-2-1-3-5-10/h1-9H,14H2. The van der Waals surface area contributed by atoms with Crippen LogP contribution in [0.5, 0.6) is 0 Å². The average molecular weight is 241 g/mol. The molecule has 0 amide bonds. The minimum Gasteiger partial charge on any atom is -0.323 e. The van der Waals surface area contributed by atoms with Gasteiger partial charge in [-0.3, -0.25) is 10.1 Å². The van der Waals surface area contributed by atoms with Gasteiger partial charge in [0.15, 0.2) is 0 Å². The fraction of sp³-hybridized carbons (Fsp3) is 0. The van der Waals surface area contributed by atoms with Crippen LogP contribution in [-0.2, 0) is 0 Å². The van der Waals surface area contributed by atoms with Crippen LogP contribution in [0, 0.1) is 10.1 Å². The van der Waals surface area contributed by atoms with Crippen LogP contribution in [-0.4, -0.2) is 11.1 Å². The van der Waals surface area contributed by atoms with Crippen molar-refractivity contribution in [1.82, 2.24) is 0 Å². The summed E-state index contributed by atoms with van der Waals surface area (Å²) in [4.78, 5) is 10.4. The molecule has 0 saturated carbocycles. The van der Waals surface area contributed by atoms with Crippen LogP contribution in [0.25, 0.3) is 11.1 Å². The van der Waals surface area contributed by atoms with Crippen molar-refractivity contribution < 1.29 is 4.92 Å². The molecule has 0 heterocycles. The molecule has 2 N–H and O–H groups in total. The van der Waals surface area contributed by atoms with Gasteiger partial charge in [0, 0.05) is 17.7 Å². The van der Waals surface area contributed by atoms with E-state index in [1.807, 2.05) is 30.3 Å². The lowest BCUT2D eigenvalue weighted by Gasteiger charge is -2.05. The first-order valence-corrected chi connectivity index (χ1v) is 5.29. The van der Waals surface area contributed by atoms with Crippen molar-refractivity contribution in [2.24, 2.45) is 10.9 Å². The van der Waals surface area contributed by atoms with Gasteiger partial charge in [0.2, 0.25) is 0 Å². The maximum Gasteiger partial charge on any atom is 0.270 e. The molecule has 0 bridgehead atoms. The Kier molecular flexibility index (Phi) is 3.33.